The molecule has 0 saturated carbocycles. The van der Waals surface area contributed by atoms with Crippen LogP contribution in [0, 0.1) is 6.92 Å². The average Bonchev–Trinajstić information content (AvgIpc) is 2.79. The van der Waals surface area contributed by atoms with Crippen LogP contribution < -0.4 is 4.72 Å². The zero-order valence-electron chi connectivity index (χ0n) is 10.1. The molecule has 1 heterocycles. The quantitative estimate of drug-likeness (QED) is 0.768. The van der Waals surface area contributed by atoms with E-state index in [1.54, 1.807) is 0 Å². The van der Waals surface area contributed by atoms with Crippen molar-refractivity contribution in [1.82, 2.24) is 10.2 Å². The molecule has 0 saturated heterocycles. The second-order valence-corrected chi connectivity index (χ2v) is 6.27. The standard InChI is InChI=1S/C10H9N3O5S2/c1-5-2-7(14)6(9(15)16)3-8(5)20(17,18)13-10-12-11-4-19-10/h2-4,14H,1H3,(H,12,13)(H,15,16). The second kappa shape index (κ2) is 5.06. The number of carboxylic acids is 1. The molecular weight excluding hydrogens is 306 g/mol. The Labute approximate surface area is 117 Å². The average molecular weight is 315 g/mol. The number of sulfonamides is 1. The molecule has 8 nitrogen and oxygen atoms in total. The van der Waals surface area contributed by atoms with Gasteiger partial charge in [0.05, 0.1) is 4.90 Å². The van der Waals surface area contributed by atoms with Crippen LogP contribution in [0.5, 0.6) is 5.75 Å². The van der Waals surface area contributed by atoms with Gasteiger partial charge < -0.3 is 10.2 Å². The number of rotatable bonds is 4. The molecule has 20 heavy (non-hydrogen) atoms. The summed E-state index contributed by atoms with van der Waals surface area (Å²) in [5.74, 6) is -1.92. The fourth-order valence-corrected chi connectivity index (χ4v) is 3.47. The lowest BCUT2D eigenvalue weighted by Crippen LogP contribution is -2.15. The molecule has 1 aromatic carbocycles. The molecule has 0 amide bonds. The number of nitrogens with zero attached hydrogens (tertiary/aromatic N) is 2. The van der Waals surface area contributed by atoms with Crippen molar-refractivity contribution in [2.24, 2.45) is 0 Å². The summed E-state index contributed by atoms with van der Waals surface area (Å²) in [6.45, 7) is 1.44. The topological polar surface area (TPSA) is 129 Å². The molecule has 0 aliphatic carbocycles. The number of hydrogen-bond acceptors (Lipinski definition) is 7. The highest BCUT2D eigenvalue weighted by atomic mass is 32.2. The van der Waals surface area contributed by atoms with Gasteiger partial charge in [-0.3, -0.25) is 4.72 Å². The Hall–Kier alpha value is -2.20. The number of carbonyl (C=O) groups is 1. The van der Waals surface area contributed by atoms with Crippen molar-refractivity contribution in [1.29, 1.82) is 0 Å². The number of carboxylic acid groups (broad SMARTS) is 1. The minimum absolute atomic E-state index is 0.0642. The van der Waals surface area contributed by atoms with E-state index in [0.717, 1.165) is 23.5 Å². The van der Waals surface area contributed by atoms with Gasteiger partial charge in [-0.05, 0) is 24.6 Å². The summed E-state index contributed by atoms with van der Waals surface area (Å²) in [5, 5.41) is 25.5. The Balaban J connectivity index is 2.51. The number of anilines is 1. The lowest BCUT2D eigenvalue weighted by molar-refractivity contribution is 0.0693. The first-order chi connectivity index (χ1) is 9.31. The molecule has 106 valence electrons. The van der Waals surface area contributed by atoms with Gasteiger partial charge in [0.25, 0.3) is 10.0 Å². The predicted molar refractivity (Wildman–Crippen MR) is 70.5 cm³/mol. The van der Waals surface area contributed by atoms with Crippen LogP contribution in [0.25, 0.3) is 0 Å². The number of benzene rings is 1. The maximum absolute atomic E-state index is 12.2. The van der Waals surface area contributed by atoms with E-state index in [1.165, 1.54) is 12.4 Å². The lowest BCUT2D eigenvalue weighted by atomic mass is 10.1. The van der Waals surface area contributed by atoms with Crippen LogP contribution >= 0.6 is 11.3 Å². The number of aryl methyl sites for hydroxylation is 1. The molecule has 1 aromatic heterocycles. The van der Waals surface area contributed by atoms with Crippen LogP contribution in [0.1, 0.15) is 15.9 Å². The summed E-state index contributed by atoms with van der Waals surface area (Å²) in [5.41, 5.74) is 1.07. The largest absolute Gasteiger partial charge is 0.507 e. The SMILES string of the molecule is Cc1cc(O)c(C(=O)O)cc1S(=O)(=O)Nc1nncs1. The van der Waals surface area contributed by atoms with Gasteiger partial charge in [0.15, 0.2) is 0 Å². The molecule has 0 radical (unpaired) electrons. The molecule has 0 atom stereocenters. The van der Waals surface area contributed by atoms with Crippen LogP contribution in [0.3, 0.4) is 0 Å². The minimum atomic E-state index is -4.00. The highest BCUT2D eigenvalue weighted by molar-refractivity contribution is 7.93. The highest BCUT2D eigenvalue weighted by Crippen LogP contribution is 2.27. The molecular formula is C10H9N3O5S2. The van der Waals surface area contributed by atoms with Crippen molar-refractivity contribution in [3.8, 4) is 5.75 Å². The summed E-state index contributed by atoms with van der Waals surface area (Å²) in [6.07, 6.45) is 0. The molecule has 0 spiro atoms. The van der Waals surface area contributed by atoms with Crippen LogP contribution in [0.4, 0.5) is 5.13 Å². The highest BCUT2D eigenvalue weighted by Gasteiger charge is 2.22. The van der Waals surface area contributed by atoms with Crippen molar-refractivity contribution >= 4 is 32.5 Å². The van der Waals surface area contributed by atoms with E-state index in [0.29, 0.717) is 0 Å². The van der Waals surface area contributed by atoms with Gasteiger partial charge in [-0.15, -0.1) is 10.2 Å². The Bertz CT molecular complexity index is 755. The number of aromatic carboxylic acids is 1. The van der Waals surface area contributed by atoms with Gasteiger partial charge in [-0.2, -0.15) is 0 Å². The van der Waals surface area contributed by atoms with E-state index in [4.69, 9.17) is 5.11 Å². The molecule has 3 N–H and O–H groups in total. The number of phenols is 1. The minimum Gasteiger partial charge on any atom is -0.507 e. The van der Waals surface area contributed by atoms with Crippen LogP contribution in [0.2, 0.25) is 0 Å². The van der Waals surface area contributed by atoms with E-state index in [9.17, 15) is 18.3 Å². The Morgan fingerprint density at radius 3 is 2.65 bits per heavy atom. The van der Waals surface area contributed by atoms with Crippen LogP contribution in [-0.4, -0.2) is 34.8 Å². The molecule has 2 rings (SSSR count). The Kier molecular flexibility index (Phi) is 3.59. The molecule has 0 fully saturated rings. The third-order valence-electron chi connectivity index (χ3n) is 2.39. The molecule has 0 aliphatic rings. The Morgan fingerprint density at radius 1 is 1.40 bits per heavy atom. The monoisotopic (exact) mass is 315 g/mol. The van der Waals surface area contributed by atoms with Gasteiger partial charge >= 0.3 is 5.97 Å². The summed E-state index contributed by atoms with van der Waals surface area (Å²) in [6, 6.07) is 1.98. The van der Waals surface area contributed by atoms with Crippen molar-refractivity contribution in [3.63, 3.8) is 0 Å². The van der Waals surface area contributed by atoms with Crippen LogP contribution in [-0.2, 0) is 10.0 Å². The zero-order chi connectivity index (χ0) is 14.9. The van der Waals surface area contributed by atoms with Gasteiger partial charge in [-0.1, -0.05) is 11.3 Å². The zero-order valence-corrected chi connectivity index (χ0v) is 11.7. The lowest BCUT2D eigenvalue weighted by Gasteiger charge is -2.10. The van der Waals surface area contributed by atoms with Gasteiger partial charge in [0.2, 0.25) is 5.13 Å². The summed E-state index contributed by atoms with van der Waals surface area (Å²) < 4.78 is 26.5. The van der Waals surface area contributed by atoms with E-state index in [1.807, 2.05) is 0 Å². The van der Waals surface area contributed by atoms with Crippen molar-refractivity contribution in [2.45, 2.75) is 11.8 Å². The molecule has 10 heteroatoms. The van der Waals surface area contributed by atoms with E-state index >= 15 is 0 Å². The predicted octanol–water partition coefficient (Wildman–Crippen LogP) is 1.05. The normalized spacial score (nSPS) is 11.2. The first kappa shape index (κ1) is 14.2. The third-order valence-corrected chi connectivity index (χ3v) is 4.61. The number of nitrogens with one attached hydrogen (secondary N) is 1. The van der Waals surface area contributed by atoms with Gasteiger partial charge in [-0.25, -0.2) is 13.2 Å². The van der Waals surface area contributed by atoms with Crippen molar-refractivity contribution in [3.05, 3.63) is 28.8 Å². The third kappa shape index (κ3) is 2.70. The number of aromatic hydroxyl groups is 1. The number of aromatic nitrogens is 2. The molecule has 0 unspecified atom stereocenters. The summed E-state index contributed by atoms with van der Waals surface area (Å²) in [7, 11) is -4.00. The van der Waals surface area contributed by atoms with E-state index in [2.05, 4.69) is 14.9 Å². The Morgan fingerprint density at radius 2 is 2.10 bits per heavy atom. The summed E-state index contributed by atoms with van der Waals surface area (Å²) >= 11 is 0.986. The molecule has 2 aromatic rings. The van der Waals surface area contributed by atoms with Gasteiger partial charge in [0.1, 0.15) is 16.8 Å². The van der Waals surface area contributed by atoms with E-state index < -0.39 is 27.3 Å². The summed E-state index contributed by atoms with van der Waals surface area (Å²) in [4.78, 5) is 10.7. The van der Waals surface area contributed by atoms with Gasteiger partial charge in [0, 0.05) is 0 Å². The first-order valence-electron chi connectivity index (χ1n) is 5.17. The number of hydrogen-bond donors (Lipinski definition) is 3. The second-order valence-electron chi connectivity index (χ2n) is 3.79. The van der Waals surface area contributed by atoms with Crippen molar-refractivity contribution < 1.29 is 23.4 Å². The van der Waals surface area contributed by atoms with E-state index in [-0.39, 0.29) is 15.6 Å². The maximum atomic E-state index is 12.2. The fraction of sp³-hybridized carbons (Fsp3) is 0.100. The first-order valence-corrected chi connectivity index (χ1v) is 7.53. The molecule has 0 aliphatic heterocycles. The fourth-order valence-electron chi connectivity index (χ4n) is 1.52. The van der Waals surface area contributed by atoms with Crippen LogP contribution in [0.15, 0.2) is 22.5 Å². The smallest absolute Gasteiger partial charge is 0.339 e. The maximum Gasteiger partial charge on any atom is 0.339 e. The molecule has 0 bridgehead atoms. The van der Waals surface area contributed by atoms with Crippen molar-refractivity contribution in [2.75, 3.05) is 4.72 Å².